The molecule has 0 aromatic rings. The molecule has 0 aliphatic carbocycles. The maximum absolute atomic E-state index is 7.91. The van der Waals surface area contributed by atoms with Crippen molar-refractivity contribution in [1.82, 2.24) is 0 Å². The van der Waals surface area contributed by atoms with Crippen LogP contribution in [-0.4, -0.2) is 9.11 Å². The topological polar surface area (TPSA) is 40.5 Å². The summed E-state index contributed by atoms with van der Waals surface area (Å²) < 4.78 is 15.8. The number of rotatable bonds is 0. The molecule has 0 spiro atoms. The Hall–Kier alpha value is 1.18. The van der Waals surface area contributed by atoms with Crippen LogP contribution in [0.3, 0.4) is 0 Å². The first-order chi connectivity index (χ1) is 2.27. The zero-order valence-electron chi connectivity index (χ0n) is 2.12. The minimum atomic E-state index is -1.40. The van der Waals surface area contributed by atoms with Crippen LogP contribution < -0.4 is 0 Å². The molecule has 0 unspecified atom stereocenters. The molecule has 0 heterocycles. The molecular formula is H2MoO2S2. The van der Waals surface area contributed by atoms with E-state index in [1.165, 1.54) is 0 Å². The fraction of sp³-hybridized carbons (Fsp3) is 0. The first kappa shape index (κ1) is 6.18. The number of hydrogen-bond donors (Lipinski definition) is 2. The Morgan fingerprint density at radius 1 is 1.60 bits per heavy atom. The molecular weight excluding hydrogens is 192 g/mol. The van der Waals surface area contributed by atoms with Crippen molar-refractivity contribution >= 4 is 17.5 Å². The molecule has 0 radical (unpaired) electrons. The van der Waals surface area contributed by atoms with Gasteiger partial charge in [0, 0.05) is 0 Å². The van der Waals surface area contributed by atoms with E-state index in [0.717, 1.165) is 7.51 Å². The van der Waals surface area contributed by atoms with Crippen LogP contribution in [-0.2, 0) is 35.5 Å². The Bertz CT molecular complexity index is 67.7. The summed E-state index contributed by atoms with van der Waals surface area (Å²) >= 11 is 1.57. The van der Waals surface area contributed by atoms with Gasteiger partial charge >= 0.3 is 44.6 Å². The quantitative estimate of drug-likeness (QED) is 0.533. The van der Waals surface area contributed by atoms with Gasteiger partial charge in [0.2, 0.25) is 0 Å². The Kier molecular flexibility index (Phi) is 4.17. The van der Waals surface area contributed by atoms with Crippen LogP contribution in [0.1, 0.15) is 0 Å². The van der Waals surface area contributed by atoms with E-state index < -0.39 is 10.0 Å². The minimum absolute atomic E-state index is 1.03. The molecule has 0 aromatic heterocycles. The third-order valence-corrected chi connectivity index (χ3v) is 3.24. The van der Waals surface area contributed by atoms with Crippen molar-refractivity contribution in [1.29, 1.82) is 0 Å². The van der Waals surface area contributed by atoms with Crippen LogP contribution in [0.15, 0.2) is 0 Å². The molecule has 32 valence electrons. The zero-order chi connectivity index (χ0) is 4.28. The predicted molar refractivity (Wildman–Crippen MR) is 20.0 cm³/mol. The summed E-state index contributed by atoms with van der Waals surface area (Å²) in [6, 6.07) is 0. The SMILES string of the molecule is OS(O)=[S]=[Mo]. The summed E-state index contributed by atoms with van der Waals surface area (Å²) in [4.78, 5) is 0. The molecule has 0 aromatic carbocycles. The predicted octanol–water partition coefficient (Wildman–Crippen LogP) is 0.0101. The summed E-state index contributed by atoms with van der Waals surface area (Å²) in [5, 5.41) is 0. The van der Waals surface area contributed by atoms with Crippen LogP contribution in [0, 0.1) is 0 Å². The van der Waals surface area contributed by atoms with Crippen molar-refractivity contribution in [2.24, 2.45) is 0 Å². The van der Waals surface area contributed by atoms with E-state index in [0.29, 0.717) is 0 Å². The van der Waals surface area contributed by atoms with E-state index in [-0.39, 0.29) is 0 Å². The van der Waals surface area contributed by atoms with E-state index in [2.05, 4.69) is 0 Å². The second kappa shape index (κ2) is 3.37. The van der Waals surface area contributed by atoms with Gasteiger partial charge < -0.3 is 0 Å². The van der Waals surface area contributed by atoms with Crippen molar-refractivity contribution in [3.8, 4) is 0 Å². The molecule has 0 saturated carbocycles. The molecule has 0 aliphatic heterocycles. The van der Waals surface area contributed by atoms with Gasteiger partial charge in [-0.15, -0.1) is 0 Å². The summed E-state index contributed by atoms with van der Waals surface area (Å²) in [6.07, 6.45) is 0. The Labute approximate surface area is 44.7 Å². The van der Waals surface area contributed by atoms with E-state index >= 15 is 0 Å². The Morgan fingerprint density at radius 3 is 1.80 bits per heavy atom. The normalized spacial score (nSPS) is 8.60. The summed E-state index contributed by atoms with van der Waals surface area (Å²) in [5.41, 5.74) is 0. The van der Waals surface area contributed by atoms with E-state index in [9.17, 15) is 0 Å². The summed E-state index contributed by atoms with van der Waals surface area (Å²) in [5.74, 6) is 0. The van der Waals surface area contributed by atoms with E-state index in [4.69, 9.17) is 9.11 Å². The molecule has 0 fully saturated rings. The van der Waals surface area contributed by atoms with Gasteiger partial charge in [0.1, 0.15) is 0 Å². The second-order valence-corrected chi connectivity index (χ2v) is 5.21. The molecule has 0 rings (SSSR count). The maximum atomic E-state index is 7.91. The standard InChI is InChI=1S/Mo.H2O2S2/c;1-4(2)3/h;(H2,1,2,3). The number of hydrogen-bond acceptors (Lipinski definition) is 0. The van der Waals surface area contributed by atoms with E-state index in [1.54, 1.807) is 18.0 Å². The average Bonchev–Trinajstić information content (AvgIpc) is 1.38. The van der Waals surface area contributed by atoms with Crippen molar-refractivity contribution in [2.45, 2.75) is 0 Å². The van der Waals surface area contributed by atoms with Crippen molar-refractivity contribution in [3.05, 3.63) is 0 Å². The van der Waals surface area contributed by atoms with Gasteiger partial charge in [-0.05, 0) is 0 Å². The molecule has 0 aliphatic rings. The third kappa shape index (κ3) is 5.18. The fourth-order valence-electron chi connectivity index (χ4n) is 0. The molecule has 5 heteroatoms. The summed E-state index contributed by atoms with van der Waals surface area (Å²) in [6.45, 7) is 0. The fourth-order valence-corrected chi connectivity index (χ4v) is 0. The molecule has 0 bridgehead atoms. The van der Waals surface area contributed by atoms with Crippen LogP contribution in [0.4, 0.5) is 0 Å². The van der Waals surface area contributed by atoms with Gasteiger partial charge in [-0.1, -0.05) is 0 Å². The van der Waals surface area contributed by atoms with E-state index in [1.807, 2.05) is 0 Å². The van der Waals surface area contributed by atoms with Crippen molar-refractivity contribution < 1.29 is 27.1 Å². The first-order valence-electron chi connectivity index (χ1n) is 0.698. The molecule has 0 atom stereocenters. The van der Waals surface area contributed by atoms with Gasteiger partial charge in [0.15, 0.2) is 0 Å². The van der Waals surface area contributed by atoms with Gasteiger partial charge in [-0.3, -0.25) is 0 Å². The monoisotopic (exact) mass is 196 g/mol. The Morgan fingerprint density at radius 2 is 1.80 bits per heavy atom. The molecule has 5 heavy (non-hydrogen) atoms. The molecule has 0 amide bonds. The zero-order valence-corrected chi connectivity index (χ0v) is 5.76. The van der Waals surface area contributed by atoms with Crippen molar-refractivity contribution in [3.63, 3.8) is 0 Å². The van der Waals surface area contributed by atoms with Gasteiger partial charge in [0.25, 0.3) is 0 Å². The van der Waals surface area contributed by atoms with Gasteiger partial charge in [0.05, 0.1) is 0 Å². The molecule has 0 saturated heterocycles. The summed E-state index contributed by atoms with van der Waals surface area (Å²) in [7, 11) is -0.373. The molecule has 2 nitrogen and oxygen atoms in total. The molecule has 2 N–H and O–H groups in total. The van der Waals surface area contributed by atoms with Crippen LogP contribution in [0.25, 0.3) is 0 Å². The van der Waals surface area contributed by atoms with Crippen molar-refractivity contribution in [2.75, 3.05) is 0 Å². The first-order valence-corrected chi connectivity index (χ1v) is 5.55. The third-order valence-electron chi connectivity index (χ3n) is 0.0609. The average molecular weight is 194 g/mol. The van der Waals surface area contributed by atoms with Crippen LogP contribution >= 0.6 is 0 Å². The second-order valence-electron chi connectivity index (χ2n) is 0.299. The van der Waals surface area contributed by atoms with Gasteiger partial charge in [-0.2, -0.15) is 0 Å². The Balaban J connectivity index is 3.60. The van der Waals surface area contributed by atoms with Gasteiger partial charge in [-0.25, -0.2) is 0 Å². The van der Waals surface area contributed by atoms with Crippen LogP contribution in [0.5, 0.6) is 0 Å². The van der Waals surface area contributed by atoms with Crippen LogP contribution in [0.2, 0.25) is 0 Å².